The highest BCUT2D eigenvalue weighted by molar-refractivity contribution is 4.45. The van der Waals surface area contributed by atoms with Gasteiger partial charge < -0.3 is 4.90 Å². The van der Waals surface area contributed by atoms with Crippen molar-refractivity contribution in [1.29, 1.82) is 0 Å². The molecule has 0 aromatic heterocycles. The van der Waals surface area contributed by atoms with E-state index in [9.17, 15) is 0 Å². The van der Waals surface area contributed by atoms with Gasteiger partial charge in [-0.2, -0.15) is 0 Å². The summed E-state index contributed by atoms with van der Waals surface area (Å²) in [5.74, 6) is 0. The molecular weight excluding hydrogens is 182 g/mol. The van der Waals surface area contributed by atoms with Gasteiger partial charge in [0.25, 0.3) is 0 Å². The van der Waals surface area contributed by atoms with Gasteiger partial charge in [0.15, 0.2) is 0 Å². The molecule has 0 heterocycles. The van der Waals surface area contributed by atoms with Crippen LogP contribution < -0.4 is 0 Å². The summed E-state index contributed by atoms with van der Waals surface area (Å²) in [5.41, 5.74) is 0. The smallest absolute Gasteiger partial charge is 0.00244 e. The fourth-order valence-electron chi connectivity index (χ4n) is 1.23. The molecule has 0 aromatic rings. The second kappa shape index (κ2) is 23.6. The number of hydrogen-bond donors (Lipinski definition) is 0. The van der Waals surface area contributed by atoms with Crippen LogP contribution >= 0.6 is 0 Å². The predicted octanol–water partition coefficient (Wildman–Crippen LogP) is 4.96. The largest absolute Gasteiger partial charge is 0.306 e. The van der Waals surface area contributed by atoms with E-state index < -0.39 is 0 Å². The van der Waals surface area contributed by atoms with Crippen molar-refractivity contribution >= 4 is 0 Å². The van der Waals surface area contributed by atoms with Gasteiger partial charge in [0.1, 0.15) is 0 Å². The molecule has 0 saturated heterocycles. The molecule has 0 aromatic carbocycles. The van der Waals surface area contributed by atoms with E-state index in [2.05, 4.69) is 39.6 Å². The molecule has 0 radical (unpaired) electrons. The van der Waals surface area contributed by atoms with Crippen LogP contribution in [0.1, 0.15) is 73.6 Å². The Balaban J connectivity index is -0.000000177. The Kier molecular flexibility index (Phi) is 32.1. The maximum Gasteiger partial charge on any atom is -0.00244 e. The van der Waals surface area contributed by atoms with Crippen LogP contribution in [0.15, 0.2) is 0 Å². The second-order valence-corrected chi connectivity index (χ2v) is 3.66. The lowest BCUT2D eigenvalue weighted by atomic mass is 10.3. The van der Waals surface area contributed by atoms with Crippen LogP contribution in [0.5, 0.6) is 0 Å². The highest BCUT2D eigenvalue weighted by Gasteiger charge is 1.90. The zero-order valence-electron chi connectivity index (χ0n) is 12.4. The minimum atomic E-state index is 1.24. The Labute approximate surface area is 99.3 Å². The molecule has 0 N–H and O–H groups in total. The summed E-state index contributed by atoms with van der Waals surface area (Å²) in [7, 11) is 2.17. The number of unbranched alkanes of at least 4 members (excludes halogenated alkanes) is 2. The van der Waals surface area contributed by atoms with Gasteiger partial charge in [-0.1, -0.05) is 60.8 Å². The summed E-state index contributed by atoms with van der Waals surface area (Å²) in [6.07, 6.45) is 6.62. The molecule has 15 heavy (non-hydrogen) atoms. The summed E-state index contributed by atoms with van der Waals surface area (Å²) in [6, 6.07) is 0. The standard InChI is InChI=1S/C7H17N.C5H12.C2H6/c1-4-6-8(3)7-5-2;1-3-5-4-2;1-2/h4-7H2,1-3H3;3-5H2,1-2H3;1-2H3. The minimum absolute atomic E-state index is 1.24. The lowest BCUT2D eigenvalue weighted by molar-refractivity contribution is 0.335. The molecule has 0 unspecified atom stereocenters. The Morgan fingerprint density at radius 3 is 1.13 bits per heavy atom. The SMILES string of the molecule is CC.CCCCC.CCCN(C)CCC. The van der Waals surface area contributed by atoms with Crippen LogP contribution in [0.3, 0.4) is 0 Å². The third-order valence-electron chi connectivity index (χ3n) is 1.92. The fraction of sp³-hybridized carbons (Fsp3) is 1.00. The van der Waals surface area contributed by atoms with Gasteiger partial charge in [-0.05, 0) is 33.0 Å². The van der Waals surface area contributed by atoms with Gasteiger partial charge >= 0.3 is 0 Å². The first-order valence-electron chi connectivity index (χ1n) is 6.91. The maximum absolute atomic E-state index is 2.36. The second-order valence-electron chi connectivity index (χ2n) is 3.66. The summed E-state index contributed by atoms with van der Waals surface area (Å²) < 4.78 is 0. The highest BCUT2D eigenvalue weighted by Crippen LogP contribution is 1.88. The Bertz CT molecular complexity index is 63.7. The summed E-state index contributed by atoms with van der Waals surface area (Å²) in [5, 5.41) is 0. The molecule has 0 fully saturated rings. The third kappa shape index (κ3) is 31.5. The molecular formula is C14H35N. The number of hydrogen-bond acceptors (Lipinski definition) is 1. The Hall–Kier alpha value is -0.0400. The summed E-state index contributed by atoms with van der Waals surface area (Å²) in [4.78, 5) is 2.36. The van der Waals surface area contributed by atoms with Gasteiger partial charge in [0.05, 0.1) is 0 Å². The van der Waals surface area contributed by atoms with Gasteiger partial charge in [0, 0.05) is 0 Å². The molecule has 0 bridgehead atoms. The molecule has 96 valence electrons. The van der Waals surface area contributed by atoms with Crippen molar-refractivity contribution in [3.8, 4) is 0 Å². The normalized spacial score (nSPS) is 8.80. The first kappa shape index (κ1) is 20.4. The topological polar surface area (TPSA) is 3.24 Å². The first-order chi connectivity index (χ1) is 7.22. The van der Waals surface area contributed by atoms with Crippen molar-refractivity contribution in [1.82, 2.24) is 4.90 Å². The van der Waals surface area contributed by atoms with Crippen molar-refractivity contribution in [3.05, 3.63) is 0 Å². The average molecular weight is 217 g/mol. The maximum atomic E-state index is 2.36. The molecule has 1 heteroatoms. The molecule has 1 nitrogen and oxygen atoms in total. The van der Waals surface area contributed by atoms with Crippen molar-refractivity contribution in [2.75, 3.05) is 20.1 Å². The van der Waals surface area contributed by atoms with Crippen LogP contribution in [0, 0.1) is 0 Å². The zero-order chi connectivity index (χ0) is 12.5. The lowest BCUT2D eigenvalue weighted by Gasteiger charge is -2.12. The van der Waals surface area contributed by atoms with E-state index in [1.54, 1.807) is 0 Å². The van der Waals surface area contributed by atoms with Crippen molar-refractivity contribution in [2.45, 2.75) is 73.6 Å². The van der Waals surface area contributed by atoms with Crippen molar-refractivity contribution in [3.63, 3.8) is 0 Å². The van der Waals surface area contributed by atoms with Crippen LogP contribution in [0.25, 0.3) is 0 Å². The van der Waals surface area contributed by atoms with E-state index >= 15 is 0 Å². The number of nitrogens with zero attached hydrogens (tertiary/aromatic N) is 1. The van der Waals surface area contributed by atoms with Crippen molar-refractivity contribution in [2.24, 2.45) is 0 Å². The van der Waals surface area contributed by atoms with Crippen LogP contribution in [0.4, 0.5) is 0 Å². The lowest BCUT2D eigenvalue weighted by Crippen LogP contribution is -2.19. The molecule has 0 atom stereocenters. The van der Waals surface area contributed by atoms with Gasteiger partial charge in [-0.25, -0.2) is 0 Å². The van der Waals surface area contributed by atoms with E-state index in [4.69, 9.17) is 0 Å². The molecule has 0 rings (SSSR count). The van der Waals surface area contributed by atoms with Gasteiger partial charge in [-0.15, -0.1) is 0 Å². The summed E-state index contributed by atoms with van der Waals surface area (Å²) >= 11 is 0. The highest BCUT2D eigenvalue weighted by atomic mass is 15.1. The van der Waals surface area contributed by atoms with E-state index in [0.29, 0.717) is 0 Å². The van der Waals surface area contributed by atoms with Crippen LogP contribution in [-0.4, -0.2) is 25.0 Å². The van der Waals surface area contributed by atoms with E-state index in [1.165, 1.54) is 45.2 Å². The first-order valence-corrected chi connectivity index (χ1v) is 6.91. The van der Waals surface area contributed by atoms with Crippen LogP contribution in [-0.2, 0) is 0 Å². The van der Waals surface area contributed by atoms with E-state index in [0.717, 1.165) is 0 Å². The summed E-state index contributed by atoms with van der Waals surface area (Å²) in [6.45, 7) is 15.3. The average Bonchev–Trinajstić information content (AvgIpc) is 2.24. The van der Waals surface area contributed by atoms with Gasteiger partial charge in [0.2, 0.25) is 0 Å². The molecule has 0 aliphatic carbocycles. The monoisotopic (exact) mass is 217 g/mol. The van der Waals surface area contributed by atoms with Crippen LogP contribution in [0.2, 0.25) is 0 Å². The molecule has 0 aliphatic rings. The van der Waals surface area contributed by atoms with Gasteiger partial charge in [-0.3, -0.25) is 0 Å². The predicted molar refractivity (Wildman–Crippen MR) is 74.6 cm³/mol. The molecule has 0 amide bonds. The quantitative estimate of drug-likeness (QED) is 0.608. The molecule has 0 saturated carbocycles. The Morgan fingerprint density at radius 1 is 0.667 bits per heavy atom. The Morgan fingerprint density at radius 2 is 1.00 bits per heavy atom. The number of rotatable bonds is 6. The molecule has 0 spiro atoms. The zero-order valence-corrected chi connectivity index (χ0v) is 12.4. The fourth-order valence-corrected chi connectivity index (χ4v) is 1.23. The van der Waals surface area contributed by atoms with Crippen molar-refractivity contribution < 1.29 is 0 Å². The van der Waals surface area contributed by atoms with E-state index in [-0.39, 0.29) is 0 Å². The minimum Gasteiger partial charge on any atom is -0.306 e. The van der Waals surface area contributed by atoms with E-state index in [1.807, 2.05) is 13.8 Å². The molecule has 0 aliphatic heterocycles. The third-order valence-corrected chi connectivity index (χ3v) is 1.92.